The van der Waals surface area contributed by atoms with Crippen LogP contribution in [0.2, 0.25) is 5.02 Å². The van der Waals surface area contributed by atoms with Crippen LogP contribution in [-0.4, -0.2) is 15.9 Å². The summed E-state index contributed by atoms with van der Waals surface area (Å²) in [6.45, 7) is 1.94. The molecule has 0 saturated heterocycles. The highest BCUT2D eigenvalue weighted by Crippen LogP contribution is 2.20. The predicted octanol–water partition coefficient (Wildman–Crippen LogP) is 4.76. The van der Waals surface area contributed by atoms with Crippen LogP contribution in [0.25, 0.3) is 17.2 Å². The largest absolute Gasteiger partial charge is 0.323 e. The molecule has 1 amide bonds. The fraction of sp³-hybridized carbons (Fsp3) is 0.0500. The molecule has 5 heteroatoms. The second kappa shape index (κ2) is 7.73. The minimum atomic E-state index is -0.201. The average Bonchev–Trinajstić information content (AvgIpc) is 2.64. The Morgan fingerprint density at radius 3 is 2.44 bits per heavy atom. The van der Waals surface area contributed by atoms with Crippen molar-refractivity contribution in [2.45, 2.75) is 6.92 Å². The van der Waals surface area contributed by atoms with Crippen molar-refractivity contribution in [3.63, 3.8) is 0 Å². The van der Waals surface area contributed by atoms with Gasteiger partial charge < -0.3 is 5.32 Å². The van der Waals surface area contributed by atoms with E-state index in [4.69, 9.17) is 11.6 Å². The third-order valence-electron chi connectivity index (χ3n) is 3.67. The van der Waals surface area contributed by atoms with Crippen LogP contribution in [0.3, 0.4) is 0 Å². The Hall–Kier alpha value is -2.98. The van der Waals surface area contributed by atoms with Crippen molar-refractivity contribution in [1.29, 1.82) is 0 Å². The van der Waals surface area contributed by atoms with E-state index in [2.05, 4.69) is 15.3 Å². The van der Waals surface area contributed by atoms with Crippen LogP contribution in [0, 0.1) is 6.92 Å². The summed E-state index contributed by atoms with van der Waals surface area (Å²) in [7, 11) is 0. The highest BCUT2D eigenvalue weighted by atomic mass is 35.5. The number of hydrogen-bond acceptors (Lipinski definition) is 3. The summed E-state index contributed by atoms with van der Waals surface area (Å²) >= 11 is 6.08. The molecule has 0 fully saturated rings. The van der Waals surface area contributed by atoms with E-state index in [0.29, 0.717) is 5.02 Å². The summed E-state index contributed by atoms with van der Waals surface area (Å²) in [5, 5.41) is 3.51. The molecule has 1 heterocycles. The van der Waals surface area contributed by atoms with Crippen molar-refractivity contribution >= 4 is 29.3 Å². The molecule has 25 heavy (non-hydrogen) atoms. The zero-order chi connectivity index (χ0) is 17.6. The lowest BCUT2D eigenvalue weighted by Gasteiger charge is -2.04. The van der Waals surface area contributed by atoms with E-state index in [0.717, 1.165) is 27.9 Å². The summed E-state index contributed by atoms with van der Waals surface area (Å²) in [5.41, 5.74) is 4.52. The maximum atomic E-state index is 12.0. The van der Waals surface area contributed by atoms with E-state index in [-0.39, 0.29) is 5.91 Å². The standard InChI is InChI=1S/C20H16ClN3O/c1-14-2-3-15(10-19(14)21)4-9-20(25)24-18-7-5-16(6-8-18)17-11-22-13-23-12-17/h2-13H,1H3,(H,24,25)/b9-4+. The smallest absolute Gasteiger partial charge is 0.248 e. The Bertz CT molecular complexity index is 906. The summed E-state index contributed by atoms with van der Waals surface area (Å²) in [4.78, 5) is 20.0. The van der Waals surface area contributed by atoms with Crippen LogP contribution < -0.4 is 5.32 Å². The van der Waals surface area contributed by atoms with E-state index in [1.54, 1.807) is 18.5 Å². The number of benzene rings is 2. The quantitative estimate of drug-likeness (QED) is 0.691. The van der Waals surface area contributed by atoms with Crippen LogP contribution in [-0.2, 0) is 4.79 Å². The summed E-state index contributed by atoms with van der Waals surface area (Å²) in [6, 6.07) is 13.2. The van der Waals surface area contributed by atoms with Crippen molar-refractivity contribution in [2.24, 2.45) is 0 Å². The van der Waals surface area contributed by atoms with Gasteiger partial charge in [-0.25, -0.2) is 9.97 Å². The number of aromatic nitrogens is 2. The lowest BCUT2D eigenvalue weighted by molar-refractivity contribution is -0.111. The van der Waals surface area contributed by atoms with Crippen LogP contribution >= 0.6 is 11.6 Å². The minimum Gasteiger partial charge on any atom is -0.323 e. The molecule has 0 unspecified atom stereocenters. The summed E-state index contributed by atoms with van der Waals surface area (Å²) < 4.78 is 0. The summed E-state index contributed by atoms with van der Waals surface area (Å²) in [6.07, 6.45) is 8.20. The lowest BCUT2D eigenvalue weighted by atomic mass is 10.1. The molecule has 0 aliphatic rings. The highest BCUT2D eigenvalue weighted by molar-refractivity contribution is 6.31. The van der Waals surface area contributed by atoms with Crippen molar-refractivity contribution in [2.75, 3.05) is 5.32 Å². The molecule has 3 rings (SSSR count). The third kappa shape index (κ3) is 4.52. The fourth-order valence-electron chi connectivity index (χ4n) is 2.26. The SMILES string of the molecule is Cc1ccc(/C=C/C(=O)Nc2ccc(-c3cncnc3)cc2)cc1Cl. The first-order valence-electron chi connectivity index (χ1n) is 7.72. The number of carbonyl (C=O) groups excluding carboxylic acids is 1. The number of aryl methyl sites for hydroxylation is 1. The van der Waals surface area contributed by atoms with Gasteiger partial charge in [-0.1, -0.05) is 35.9 Å². The number of carbonyl (C=O) groups is 1. The third-order valence-corrected chi connectivity index (χ3v) is 4.08. The van der Waals surface area contributed by atoms with Gasteiger partial charge in [0.25, 0.3) is 0 Å². The molecule has 1 N–H and O–H groups in total. The van der Waals surface area contributed by atoms with Crippen molar-refractivity contribution < 1.29 is 4.79 Å². The van der Waals surface area contributed by atoms with Gasteiger partial charge in [-0.3, -0.25) is 4.79 Å². The van der Waals surface area contributed by atoms with E-state index in [9.17, 15) is 4.79 Å². The predicted molar refractivity (Wildman–Crippen MR) is 101 cm³/mol. The van der Waals surface area contributed by atoms with Gasteiger partial charge in [0.2, 0.25) is 5.91 Å². The number of nitrogens with one attached hydrogen (secondary N) is 1. The number of halogens is 1. The van der Waals surface area contributed by atoms with E-state index in [1.807, 2.05) is 49.4 Å². The number of hydrogen-bond donors (Lipinski definition) is 1. The summed E-state index contributed by atoms with van der Waals surface area (Å²) in [5.74, 6) is -0.201. The molecule has 0 saturated carbocycles. The molecule has 0 aliphatic heterocycles. The molecule has 0 radical (unpaired) electrons. The van der Waals surface area contributed by atoms with Gasteiger partial charge >= 0.3 is 0 Å². The van der Waals surface area contributed by atoms with Gasteiger partial charge in [-0.05, 0) is 47.9 Å². The molecule has 4 nitrogen and oxygen atoms in total. The number of nitrogens with zero attached hydrogens (tertiary/aromatic N) is 2. The van der Waals surface area contributed by atoms with Gasteiger partial charge in [0, 0.05) is 34.7 Å². The zero-order valence-electron chi connectivity index (χ0n) is 13.6. The number of amides is 1. The molecule has 3 aromatic rings. The van der Waals surface area contributed by atoms with E-state index >= 15 is 0 Å². The molecular weight excluding hydrogens is 334 g/mol. The van der Waals surface area contributed by atoms with Crippen LogP contribution in [0.15, 0.2) is 67.3 Å². The second-order valence-electron chi connectivity index (χ2n) is 5.54. The van der Waals surface area contributed by atoms with Crippen LogP contribution in [0.4, 0.5) is 5.69 Å². The zero-order valence-corrected chi connectivity index (χ0v) is 14.4. The van der Waals surface area contributed by atoms with Crippen LogP contribution in [0.5, 0.6) is 0 Å². The van der Waals surface area contributed by atoms with Gasteiger partial charge in [0.15, 0.2) is 0 Å². The normalized spacial score (nSPS) is 10.8. The lowest BCUT2D eigenvalue weighted by Crippen LogP contribution is -2.07. The highest BCUT2D eigenvalue weighted by Gasteiger charge is 2.01. The van der Waals surface area contributed by atoms with Gasteiger partial charge in [-0.2, -0.15) is 0 Å². The molecule has 2 aromatic carbocycles. The van der Waals surface area contributed by atoms with Gasteiger partial charge in [-0.15, -0.1) is 0 Å². The average molecular weight is 350 g/mol. The molecule has 0 bridgehead atoms. The fourth-order valence-corrected chi connectivity index (χ4v) is 2.45. The molecule has 0 spiro atoms. The van der Waals surface area contributed by atoms with Crippen LogP contribution in [0.1, 0.15) is 11.1 Å². The Morgan fingerprint density at radius 2 is 1.76 bits per heavy atom. The van der Waals surface area contributed by atoms with Gasteiger partial charge in [0.05, 0.1) is 0 Å². The Balaban J connectivity index is 1.64. The molecule has 0 atom stereocenters. The van der Waals surface area contributed by atoms with E-state index in [1.165, 1.54) is 12.4 Å². The first kappa shape index (κ1) is 16.9. The van der Waals surface area contributed by atoms with Gasteiger partial charge in [0.1, 0.15) is 6.33 Å². The molecular formula is C20H16ClN3O. The van der Waals surface area contributed by atoms with Crippen molar-refractivity contribution in [1.82, 2.24) is 9.97 Å². The topological polar surface area (TPSA) is 54.9 Å². The first-order valence-corrected chi connectivity index (χ1v) is 8.10. The van der Waals surface area contributed by atoms with Crippen molar-refractivity contribution in [3.8, 4) is 11.1 Å². The number of anilines is 1. The number of rotatable bonds is 4. The molecule has 0 aliphatic carbocycles. The minimum absolute atomic E-state index is 0.201. The second-order valence-corrected chi connectivity index (χ2v) is 5.94. The molecule has 124 valence electrons. The molecule has 1 aromatic heterocycles. The van der Waals surface area contributed by atoms with E-state index < -0.39 is 0 Å². The maximum absolute atomic E-state index is 12.0. The Kier molecular flexibility index (Phi) is 5.21. The Labute approximate surface area is 151 Å². The monoisotopic (exact) mass is 349 g/mol. The first-order chi connectivity index (χ1) is 12.1. The Morgan fingerprint density at radius 1 is 1.04 bits per heavy atom. The maximum Gasteiger partial charge on any atom is 0.248 e. The van der Waals surface area contributed by atoms with Crippen molar-refractivity contribution in [3.05, 3.63) is 83.4 Å².